The third-order valence-electron chi connectivity index (χ3n) is 3.70. The molecule has 2 rings (SSSR count). The van der Waals surface area contributed by atoms with Crippen molar-refractivity contribution in [2.45, 2.75) is 27.3 Å². The van der Waals surface area contributed by atoms with Crippen molar-refractivity contribution in [3.63, 3.8) is 0 Å². The summed E-state index contributed by atoms with van der Waals surface area (Å²) in [4.78, 5) is 27.2. The number of hydrogen-bond acceptors (Lipinski definition) is 4. The van der Waals surface area contributed by atoms with E-state index >= 15 is 0 Å². The van der Waals surface area contributed by atoms with Crippen LogP contribution in [-0.2, 0) is 6.54 Å². The van der Waals surface area contributed by atoms with Crippen LogP contribution in [0, 0.1) is 13.8 Å². The Kier molecular flexibility index (Phi) is 6.25. The summed E-state index contributed by atoms with van der Waals surface area (Å²) < 4.78 is 11.4. The van der Waals surface area contributed by atoms with Crippen molar-refractivity contribution in [2.75, 3.05) is 13.7 Å². The summed E-state index contributed by atoms with van der Waals surface area (Å²) in [5, 5.41) is 2.77. The Balaban J connectivity index is 2.22. The molecule has 1 aromatic heterocycles. The Morgan fingerprint density at radius 2 is 2.00 bits per heavy atom. The molecule has 0 fully saturated rings. The van der Waals surface area contributed by atoms with E-state index in [0.717, 1.165) is 11.3 Å². The highest BCUT2D eigenvalue weighted by atomic mass is 79.9. The number of ether oxygens (including phenoxy) is 2. The molecule has 0 bridgehead atoms. The molecule has 0 aliphatic carbocycles. The molecule has 0 unspecified atom stereocenters. The molecule has 1 amide bonds. The number of nitrogens with one attached hydrogen (secondary N) is 2. The standard InChI is InChI=1S/C18H21BrN2O4/c1-5-25-16-14(19)7-12(8-15(16)24-4)17(22)20-9-13-10(2)6-11(3)21-18(13)23/h6-8H,5,9H2,1-4H3,(H,20,22)(H,21,23). The zero-order valence-electron chi connectivity index (χ0n) is 14.7. The number of methoxy groups -OCH3 is 1. The van der Waals surface area contributed by atoms with E-state index in [9.17, 15) is 9.59 Å². The van der Waals surface area contributed by atoms with Crippen molar-refractivity contribution in [2.24, 2.45) is 0 Å². The fourth-order valence-electron chi connectivity index (χ4n) is 2.51. The molecular formula is C18H21BrN2O4. The number of H-pyrrole nitrogens is 1. The molecule has 25 heavy (non-hydrogen) atoms. The van der Waals surface area contributed by atoms with E-state index in [0.29, 0.717) is 33.7 Å². The Bertz CT molecular complexity index is 846. The summed E-state index contributed by atoms with van der Waals surface area (Å²) in [6.07, 6.45) is 0. The van der Waals surface area contributed by atoms with Crippen molar-refractivity contribution in [3.8, 4) is 11.5 Å². The molecule has 0 aliphatic rings. The molecule has 134 valence electrons. The number of rotatable bonds is 6. The van der Waals surface area contributed by atoms with Gasteiger partial charge in [0.05, 0.1) is 18.2 Å². The van der Waals surface area contributed by atoms with Crippen LogP contribution in [-0.4, -0.2) is 24.6 Å². The molecular weight excluding hydrogens is 388 g/mol. The molecule has 7 heteroatoms. The van der Waals surface area contributed by atoms with E-state index < -0.39 is 0 Å². The van der Waals surface area contributed by atoms with Crippen LogP contribution in [0.25, 0.3) is 0 Å². The Labute approximate surface area is 154 Å². The lowest BCUT2D eigenvalue weighted by Crippen LogP contribution is -2.28. The fourth-order valence-corrected chi connectivity index (χ4v) is 3.06. The summed E-state index contributed by atoms with van der Waals surface area (Å²) in [6.45, 7) is 6.16. The lowest BCUT2D eigenvalue weighted by atomic mass is 10.1. The molecule has 0 saturated heterocycles. The molecule has 0 atom stereocenters. The first-order valence-corrected chi connectivity index (χ1v) is 8.64. The van der Waals surface area contributed by atoms with Gasteiger partial charge in [0.1, 0.15) is 0 Å². The van der Waals surface area contributed by atoms with Gasteiger partial charge in [-0.3, -0.25) is 9.59 Å². The molecule has 1 aromatic carbocycles. The topological polar surface area (TPSA) is 80.4 Å². The van der Waals surface area contributed by atoms with Gasteiger partial charge in [0.15, 0.2) is 11.5 Å². The molecule has 0 spiro atoms. The highest BCUT2D eigenvalue weighted by Gasteiger charge is 2.16. The van der Waals surface area contributed by atoms with Gasteiger partial charge in [-0.05, 0) is 60.5 Å². The van der Waals surface area contributed by atoms with E-state index in [1.54, 1.807) is 12.1 Å². The third-order valence-corrected chi connectivity index (χ3v) is 4.29. The number of aryl methyl sites for hydroxylation is 2. The average molecular weight is 409 g/mol. The molecule has 1 heterocycles. The van der Waals surface area contributed by atoms with E-state index in [1.165, 1.54) is 7.11 Å². The minimum atomic E-state index is -0.304. The first-order valence-electron chi connectivity index (χ1n) is 7.85. The smallest absolute Gasteiger partial charge is 0.253 e. The van der Waals surface area contributed by atoms with Gasteiger partial charge in [0.25, 0.3) is 11.5 Å². The Morgan fingerprint density at radius 1 is 1.28 bits per heavy atom. The van der Waals surface area contributed by atoms with Gasteiger partial charge in [-0.15, -0.1) is 0 Å². The second-order valence-electron chi connectivity index (χ2n) is 5.55. The number of hydrogen-bond donors (Lipinski definition) is 2. The maximum atomic E-state index is 12.5. The van der Waals surface area contributed by atoms with Crippen molar-refractivity contribution in [3.05, 3.63) is 55.4 Å². The van der Waals surface area contributed by atoms with E-state index in [-0.39, 0.29) is 18.0 Å². The first-order chi connectivity index (χ1) is 11.9. The quantitative estimate of drug-likeness (QED) is 0.769. The van der Waals surface area contributed by atoms with E-state index in [4.69, 9.17) is 9.47 Å². The summed E-state index contributed by atoms with van der Waals surface area (Å²) in [5.74, 6) is 0.708. The number of carbonyl (C=O) groups excluding carboxylic acids is 1. The molecule has 0 saturated carbocycles. The van der Waals surface area contributed by atoms with Crippen LogP contribution in [0.3, 0.4) is 0 Å². The predicted molar refractivity (Wildman–Crippen MR) is 99.6 cm³/mol. The van der Waals surface area contributed by atoms with Gasteiger partial charge in [-0.25, -0.2) is 0 Å². The third kappa shape index (κ3) is 4.42. The van der Waals surface area contributed by atoms with E-state index in [1.807, 2.05) is 26.8 Å². The van der Waals surface area contributed by atoms with Gasteiger partial charge in [-0.2, -0.15) is 0 Å². The van der Waals surface area contributed by atoms with Crippen LogP contribution in [0.1, 0.15) is 34.1 Å². The van der Waals surface area contributed by atoms with Gasteiger partial charge < -0.3 is 19.8 Å². The van der Waals surface area contributed by atoms with Gasteiger partial charge in [-0.1, -0.05) is 0 Å². The minimum absolute atomic E-state index is 0.146. The van der Waals surface area contributed by atoms with Gasteiger partial charge in [0, 0.05) is 23.4 Å². The number of amides is 1. The first kappa shape index (κ1) is 19.1. The second kappa shape index (κ2) is 8.20. The number of carbonyl (C=O) groups is 1. The minimum Gasteiger partial charge on any atom is -0.493 e. The number of benzene rings is 1. The van der Waals surface area contributed by atoms with Crippen molar-refractivity contribution >= 4 is 21.8 Å². The number of pyridine rings is 1. The highest BCUT2D eigenvalue weighted by Crippen LogP contribution is 2.36. The van der Waals surface area contributed by atoms with Crippen molar-refractivity contribution in [1.29, 1.82) is 0 Å². The van der Waals surface area contributed by atoms with Crippen LogP contribution in [0.2, 0.25) is 0 Å². The summed E-state index contributed by atoms with van der Waals surface area (Å²) in [7, 11) is 1.52. The fraction of sp³-hybridized carbons (Fsp3) is 0.333. The van der Waals surface area contributed by atoms with Crippen molar-refractivity contribution in [1.82, 2.24) is 10.3 Å². The Morgan fingerprint density at radius 3 is 2.60 bits per heavy atom. The zero-order valence-corrected chi connectivity index (χ0v) is 16.2. The normalized spacial score (nSPS) is 10.4. The average Bonchev–Trinajstić information content (AvgIpc) is 2.55. The number of halogens is 1. The molecule has 6 nitrogen and oxygen atoms in total. The lowest BCUT2D eigenvalue weighted by molar-refractivity contribution is 0.0950. The van der Waals surface area contributed by atoms with Crippen LogP contribution in [0.4, 0.5) is 0 Å². The monoisotopic (exact) mass is 408 g/mol. The maximum absolute atomic E-state index is 12.5. The van der Waals surface area contributed by atoms with E-state index in [2.05, 4.69) is 26.2 Å². The number of aromatic amines is 1. The van der Waals surface area contributed by atoms with Gasteiger partial charge >= 0.3 is 0 Å². The summed E-state index contributed by atoms with van der Waals surface area (Å²) in [5.41, 5.74) is 2.39. The van der Waals surface area contributed by atoms with Gasteiger partial charge in [0.2, 0.25) is 0 Å². The summed E-state index contributed by atoms with van der Waals surface area (Å²) >= 11 is 3.40. The van der Waals surface area contributed by atoms with Crippen LogP contribution in [0.5, 0.6) is 11.5 Å². The summed E-state index contributed by atoms with van der Waals surface area (Å²) in [6, 6.07) is 5.14. The zero-order chi connectivity index (χ0) is 18.6. The lowest BCUT2D eigenvalue weighted by Gasteiger charge is -2.13. The molecule has 2 aromatic rings. The van der Waals surface area contributed by atoms with Crippen molar-refractivity contribution < 1.29 is 14.3 Å². The second-order valence-corrected chi connectivity index (χ2v) is 6.40. The largest absolute Gasteiger partial charge is 0.493 e. The SMILES string of the molecule is CCOc1c(Br)cc(C(=O)NCc2c(C)cc(C)[nH]c2=O)cc1OC. The highest BCUT2D eigenvalue weighted by molar-refractivity contribution is 9.10. The molecule has 2 N–H and O–H groups in total. The van der Waals surface area contributed by atoms with Crippen LogP contribution in [0.15, 0.2) is 27.5 Å². The van der Waals surface area contributed by atoms with Crippen LogP contribution < -0.4 is 20.3 Å². The predicted octanol–water partition coefficient (Wildman–Crippen LogP) is 3.09. The molecule has 0 aliphatic heterocycles. The maximum Gasteiger partial charge on any atom is 0.253 e. The van der Waals surface area contributed by atoms with Crippen LogP contribution >= 0.6 is 15.9 Å². The molecule has 0 radical (unpaired) electrons. The Hall–Kier alpha value is -2.28. The number of aromatic nitrogens is 1.